The lowest BCUT2D eigenvalue weighted by Crippen LogP contribution is -2.09. The molecular weight excluding hydrogens is 267 g/mol. The van der Waals surface area contributed by atoms with Crippen molar-refractivity contribution in [2.75, 3.05) is 0 Å². The number of fused-ring (bicyclic) bond motifs is 1. The minimum atomic E-state index is -4.48. The van der Waals surface area contributed by atoms with Crippen molar-refractivity contribution in [3.8, 4) is 0 Å². The molecule has 0 spiro atoms. The van der Waals surface area contributed by atoms with Gasteiger partial charge >= 0.3 is 6.18 Å². The zero-order valence-electron chi connectivity index (χ0n) is 10.6. The van der Waals surface area contributed by atoms with Crippen LogP contribution in [-0.2, 0) is 12.6 Å². The zero-order valence-corrected chi connectivity index (χ0v) is 10.6. The molecule has 2 nitrogen and oxygen atoms in total. The van der Waals surface area contributed by atoms with Crippen molar-refractivity contribution in [1.29, 1.82) is 0 Å². The van der Waals surface area contributed by atoms with E-state index in [0.717, 1.165) is 11.1 Å². The Morgan fingerprint density at radius 2 is 1.85 bits per heavy atom. The van der Waals surface area contributed by atoms with E-state index < -0.39 is 11.9 Å². The molecule has 5 heteroatoms. The van der Waals surface area contributed by atoms with E-state index in [1.807, 2.05) is 36.4 Å². The Hall–Kier alpha value is -2.04. The van der Waals surface area contributed by atoms with Gasteiger partial charge in [0.2, 0.25) is 5.76 Å². The van der Waals surface area contributed by atoms with Crippen LogP contribution in [0.4, 0.5) is 13.2 Å². The quantitative estimate of drug-likeness (QED) is 0.764. The van der Waals surface area contributed by atoms with Crippen LogP contribution in [0.1, 0.15) is 35.4 Å². The smallest absolute Gasteiger partial charge is 0.351 e. The van der Waals surface area contributed by atoms with Gasteiger partial charge in [0.15, 0.2) is 0 Å². The predicted octanol–water partition coefficient (Wildman–Crippen LogP) is 4.57. The highest BCUT2D eigenvalue weighted by molar-refractivity contribution is 5.82. The average Bonchev–Trinajstić information content (AvgIpc) is 2.85. The molecule has 1 aromatic carbocycles. The molecule has 0 fully saturated rings. The second kappa shape index (κ2) is 4.81. The predicted molar refractivity (Wildman–Crippen MR) is 68.8 cm³/mol. The minimum Gasteiger partial charge on any atom is -0.351 e. The molecule has 0 aliphatic heterocycles. The standard InChI is InChI=1S/C15H12F3NO/c16-15(17,18)14-12-8-4-7-11(13(12)19-20-14)9-10-5-2-1-3-6-10/h1-3,5-6,9H,4,7-8H2/b11-9+. The van der Waals surface area contributed by atoms with Crippen molar-refractivity contribution in [1.82, 2.24) is 5.16 Å². The summed E-state index contributed by atoms with van der Waals surface area (Å²) < 4.78 is 43.0. The summed E-state index contributed by atoms with van der Waals surface area (Å²) in [5.74, 6) is -0.953. The Kier molecular flexibility index (Phi) is 3.12. The second-order valence-electron chi connectivity index (χ2n) is 4.77. The Morgan fingerprint density at radius 3 is 2.55 bits per heavy atom. The van der Waals surface area contributed by atoms with Crippen LogP contribution in [0, 0.1) is 0 Å². The van der Waals surface area contributed by atoms with E-state index in [1.54, 1.807) is 0 Å². The Morgan fingerprint density at radius 1 is 1.10 bits per heavy atom. The first-order chi connectivity index (χ1) is 9.55. The van der Waals surface area contributed by atoms with Crippen LogP contribution in [0.5, 0.6) is 0 Å². The third-order valence-electron chi connectivity index (χ3n) is 3.36. The maximum atomic E-state index is 12.8. The van der Waals surface area contributed by atoms with Crippen molar-refractivity contribution < 1.29 is 17.7 Å². The summed E-state index contributed by atoms with van der Waals surface area (Å²) in [6, 6.07) is 9.49. The van der Waals surface area contributed by atoms with Crippen LogP contribution >= 0.6 is 0 Å². The fourth-order valence-corrected chi connectivity index (χ4v) is 2.48. The SMILES string of the molecule is FC(F)(F)c1onc2c1CCC/C2=C\c1ccccc1. The molecule has 104 valence electrons. The van der Waals surface area contributed by atoms with Crippen LogP contribution in [-0.4, -0.2) is 5.16 Å². The van der Waals surface area contributed by atoms with Crippen LogP contribution < -0.4 is 0 Å². The lowest BCUT2D eigenvalue weighted by molar-refractivity contribution is -0.156. The lowest BCUT2D eigenvalue weighted by atomic mass is 9.90. The van der Waals surface area contributed by atoms with Crippen LogP contribution in [0.25, 0.3) is 11.6 Å². The second-order valence-corrected chi connectivity index (χ2v) is 4.77. The fourth-order valence-electron chi connectivity index (χ4n) is 2.48. The summed E-state index contributed by atoms with van der Waals surface area (Å²) in [5, 5.41) is 3.64. The summed E-state index contributed by atoms with van der Waals surface area (Å²) in [5.41, 5.74) is 2.29. The monoisotopic (exact) mass is 279 g/mol. The molecule has 1 aliphatic carbocycles. The van der Waals surface area contributed by atoms with Gasteiger partial charge < -0.3 is 4.52 Å². The number of allylic oxidation sites excluding steroid dienone is 1. The normalized spacial score (nSPS) is 17.2. The van der Waals surface area contributed by atoms with E-state index in [0.29, 0.717) is 25.0 Å². The van der Waals surface area contributed by atoms with Crippen LogP contribution in [0.3, 0.4) is 0 Å². The van der Waals surface area contributed by atoms with E-state index in [1.165, 1.54) is 0 Å². The van der Waals surface area contributed by atoms with Crippen molar-refractivity contribution in [2.24, 2.45) is 0 Å². The molecule has 0 unspecified atom stereocenters. The van der Waals surface area contributed by atoms with Crippen LogP contribution in [0.2, 0.25) is 0 Å². The summed E-state index contributed by atoms with van der Waals surface area (Å²) in [6.07, 6.45) is -0.849. The molecule has 1 aromatic heterocycles. The Bertz CT molecular complexity index is 641. The van der Waals surface area contributed by atoms with Crippen molar-refractivity contribution in [3.63, 3.8) is 0 Å². The molecule has 0 saturated heterocycles. The first kappa shape index (κ1) is 13.0. The summed E-state index contributed by atoms with van der Waals surface area (Å²) >= 11 is 0. The van der Waals surface area contributed by atoms with E-state index in [2.05, 4.69) is 9.68 Å². The van der Waals surface area contributed by atoms with Crippen LogP contribution in [0.15, 0.2) is 34.9 Å². The number of aromatic nitrogens is 1. The number of halogens is 3. The van der Waals surface area contributed by atoms with Gasteiger partial charge in [-0.2, -0.15) is 13.2 Å². The summed E-state index contributed by atoms with van der Waals surface area (Å²) in [7, 11) is 0. The molecule has 0 bridgehead atoms. The highest BCUT2D eigenvalue weighted by Gasteiger charge is 2.41. The van der Waals surface area contributed by atoms with Gasteiger partial charge in [-0.1, -0.05) is 35.5 Å². The van der Waals surface area contributed by atoms with Gasteiger partial charge in [-0.25, -0.2) is 0 Å². The van der Waals surface area contributed by atoms with Gasteiger partial charge in [0.1, 0.15) is 5.69 Å². The molecule has 3 rings (SSSR count). The number of hydrogen-bond acceptors (Lipinski definition) is 2. The van der Waals surface area contributed by atoms with Gasteiger partial charge in [-0.3, -0.25) is 0 Å². The number of benzene rings is 1. The number of nitrogens with zero attached hydrogens (tertiary/aromatic N) is 1. The van der Waals surface area contributed by atoms with Gasteiger partial charge in [-0.15, -0.1) is 0 Å². The molecule has 0 amide bonds. The number of alkyl halides is 3. The highest BCUT2D eigenvalue weighted by Crippen LogP contribution is 2.40. The molecule has 0 atom stereocenters. The van der Waals surface area contributed by atoms with Gasteiger partial charge in [-0.05, 0) is 36.5 Å². The van der Waals surface area contributed by atoms with Gasteiger partial charge in [0.25, 0.3) is 0 Å². The molecule has 1 aliphatic rings. The molecule has 20 heavy (non-hydrogen) atoms. The lowest BCUT2D eigenvalue weighted by Gasteiger charge is -2.14. The molecule has 0 radical (unpaired) electrons. The van der Waals surface area contributed by atoms with Crippen molar-refractivity contribution in [2.45, 2.75) is 25.4 Å². The van der Waals surface area contributed by atoms with E-state index in [-0.39, 0.29) is 5.56 Å². The van der Waals surface area contributed by atoms with E-state index >= 15 is 0 Å². The summed E-state index contributed by atoms with van der Waals surface area (Å²) in [4.78, 5) is 0. The van der Waals surface area contributed by atoms with E-state index in [4.69, 9.17) is 0 Å². The average molecular weight is 279 g/mol. The molecule has 1 heterocycles. The maximum Gasteiger partial charge on any atom is 0.452 e. The topological polar surface area (TPSA) is 26.0 Å². The summed E-state index contributed by atoms with van der Waals surface area (Å²) in [6.45, 7) is 0. The third-order valence-corrected chi connectivity index (χ3v) is 3.36. The molecule has 2 aromatic rings. The van der Waals surface area contributed by atoms with Crippen molar-refractivity contribution in [3.05, 3.63) is 52.9 Å². The minimum absolute atomic E-state index is 0.186. The van der Waals surface area contributed by atoms with Crippen molar-refractivity contribution >= 4 is 11.6 Å². The highest BCUT2D eigenvalue weighted by atomic mass is 19.4. The molecule has 0 N–H and O–H groups in total. The number of rotatable bonds is 1. The Balaban J connectivity index is 2.04. The zero-order chi connectivity index (χ0) is 14.2. The largest absolute Gasteiger partial charge is 0.452 e. The first-order valence-corrected chi connectivity index (χ1v) is 6.37. The maximum absolute atomic E-state index is 12.8. The Labute approximate surface area is 113 Å². The van der Waals surface area contributed by atoms with E-state index in [9.17, 15) is 13.2 Å². The number of hydrogen-bond donors (Lipinski definition) is 0. The van der Waals surface area contributed by atoms with Gasteiger partial charge in [0, 0.05) is 5.56 Å². The molecular formula is C15H12F3NO. The fraction of sp³-hybridized carbons (Fsp3) is 0.267. The molecule has 0 saturated carbocycles. The third kappa shape index (κ3) is 2.35. The first-order valence-electron chi connectivity index (χ1n) is 6.37. The van der Waals surface area contributed by atoms with Gasteiger partial charge in [0.05, 0.1) is 0 Å².